The van der Waals surface area contributed by atoms with Gasteiger partial charge in [-0.15, -0.1) is 11.3 Å². The SMILES string of the molecule is CCCNCC1CCN(C)C1c1cc(C)sc1C. The van der Waals surface area contributed by atoms with Gasteiger partial charge in [0.15, 0.2) is 0 Å². The summed E-state index contributed by atoms with van der Waals surface area (Å²) in [5.41, 5.74) is 1.57. The first-order chi connectivity index (χ1) is 8.63. The van der Waals surface area contributed by atoms with Crippen LogP contribution in [0.15, 0.2) is 6.07 Å². The summed E-state index contributed by atoms with van der Waals surface area (Å²) < 4.78 is 0. The van der Waals surface area contributed by atoms with E-state index in [1.54, 1.807) is 5.56 Å². The summed E-state index contributed by atoms with van der Waals surface area (Å²) in [6, 6.07) is 3.03. The minimum atomic E-state index is 0.624. The molecule has 0 spiro atoms. The Labute approximate surface area is 115 Å². The van der Waals surface area contributed by atoms with Crippen molar-refractivity contribution >= 4 is 11.3 Å². The minimum absolute atomic E-state index is 0.624. The van der Waals surface area contributed by atoms with E-state index in [4.69, 9.17) is 0 Å². The molecule has 0 amide bonds. The van der Waals surface area contributed by atoms with Gasteiger partial charge in [0.1, 0.15) is 0 Å². The van der Waals surface area contributed by atoms with E-state index in [2.05, 4.69) is 44.1 Å². The van der Waals surface area contributed by atoms with Crippen LogP contribution in [0, 0.1) is 19.8 Å². The van der Waals surface area contributed by atoms with Gasteiger partial charge in [-0.2, -0.15) is 0 Å². The lowest BCUT2D eigenvalue weighted by Crippen LogP contribution is -2.29. The molecule has 1 fully saturated rings. The van der Waals surface area contributed by atoms with Gasteiger partial charge in [-0.25, -0.2) is 0 Å². The highest BCUT2D eigenvalue weighted by atomic mass is 32.1. The molecule has 2 atom stereocenters. The first-order valence-corrected chi connectivity index (χ1v) is 7.93. The highest BCUT2D eigenvalue weighted by Gasteiger charge is 2.33. The quantitative estimate of drug-likeness (QED) is 0.822. The Bertz CT molecular complexity index is 386. The summed E-state index contributed by atoms with van der Waals surface area (Å²) in [5, 5.41) is 3.60. The normalized spacial score (nSPS) is 24.9. The molecule has 1 saturated heterocycles. The van der Waals surface area contributed by atoms with Crippen LogP contribution in [-0.2, 0) is 0 Å². The van der Waals surface area contributed by atoms with Crippen LogP contribution in [0.5, 0.6) is 0 Å². The maximum Gasteiger partial charge on any atom is 0.0396 e. The van der Waals surface area contributed by atoms with E-state index in [0.717, 1.165) is 19.0 Å². The number of thiophene rings is 1. The number of nitrogens with one attached hydrogen (secondary N) is 1. The molecule has 0 radical (unpaired) electrons. The van der Waals surface area contributed by atoms with Crippen LogP contribution in [0.1, 0.15) is 41.1 Å². The predicted molar refractivity (Wildman–Crippen MR) is 80.4 cm³/mol. The maximum absolute atomic E-state index is 3.60. The Morgan fingerprint density at radius 2 is 2.22 bits per heavy atom. The van der Waals surface area contributed by atoms with Crippen molar-refractivity contribution in [2.45, 2.75) is 39.7 Å². The van der Waals surface area contributed by atoms with Crippen molar-refractivity contribution in [3.05, 3.63) is 21.4 Å². The predicted octanol–water partition coefficient (Wildman–Crippen LogP) is 3.36. The Hall–Kier alpha value is -0.380. The number of nitrogens with zero attached hydrogens (tertiary/aromatic N) is 1. The molecule has 2 nitrogen and oxygen atoms in total. The van der Waals surface area contributed by atoms with Crippen LogP contribution >= 0.6 is 11.3 Å². The van der Waals surface area contributed by atoms with E-state index in [-0.39, 0.29) is 0 Å². The standard InChI is InChI=1S/C15H26N2S/c1-5-7-16-10-13-6-8-17(4)15(13)14-9-11(2)18-12(14)3/h9,13,15-16H,5-8,10H2,1-4H3. The van der Waals surface area contributed by atoms with E-state index in [9.17, 15) is 0 Å². The zero-order chi connectivity index (χ0) is 13.1. The highest BCUT2D eigenvalue weighted by Crippen LogP contribution is 2.39. The van der Waals surface area contributed by atoms with Gasteiger partial charge in [0.25, 0.3) is 0 Å². The summed E-state index contributed by atoms with van der Waals surface area (Å²) in [6.45, 7) is 10.3. The molecule has 2 unspecified atom stereocenters. The molecule has 2 heterocycles. The molecule has 1 aliphatic heterocycles. The van der Waals surface area contributed by atoms with Crippen LogP contribution in [0.2, 0.25) is 0 Å². The van der Waals surface area contributed by atoms with E-state index in [1.807, 2.05) is 11.3 Å². The maximum atomic E-state index is 3.60. The molecule has 0 aromatic carbocycles. The smallest absolute Gasteiger partial charge is 0.0396 e. The topological polar surface area (TPSA) is 15.3 Å². The van der Waals surface area contributed by atoms with Gasteiger partial charge in [0, 0.05) is 15.8 Å². The van der Waals surface area contributed by atoms with Crippen molar-refractivity contribution in [3.63, 3.8) is 0 Å². The molecule has 2 rings (SSSR count). The first-order valence-electron chi connectivity index (χ1n) is 7.11. The largest absolute Gasteiger partial charge is 0.316 e. The Balaban J connectivity index is 2.09. The molecule has 102 valence electrons. The lowest BCUT2D eigenvalue weighted by Gasteiger charge is -2.25. The van der Waals surface area contributed by atoms with Gasteiger partial charge in [-0.05, 0) is 70.9 Å². The summed E-state index contributed by atoms with van der Waals surface area (Å²) >= 11 is 1.94. The van der Waals surface area contributed by atoms with Crippen LogP contribution < -0.4 is 5.32 Å². The Morgan fingerprint density at radius 1 is 1.44 bits per heavy atom. The van der Waals surface area contributed by atoms with Crippen molar-refractivity contribution in [1.82, 2.24) is 10.2 Å². The van der Waals surface area contributed by atoms with Gasteiger partial charge in [0.05, 0.1) is 0 Å². The molecule has 1 aromatic rings. The summed E-state index contributed by atoms with van der Waals surface area (Å²) in [5.74, 6) is 0.772. The molecule has 3 heteroatoms. The van der Waals surface area contributed by atoms with Crippen LogP contribution in [0.3, 0.4) is 0 Å². The highest BCUT2D eigenvalue weighted by molar-refractivity contribution is 7.12. The van der Waals surface area contributed by atoms with Gasteiger partial charge in [-0.1, -0.05) is 6.92 Å². The fourth-order valence-electron chi connectivity index (χ4n) is 3.14. The van der Waals surface area contributed by atoms with Crippen molar-refractivity contribution < 1.29 is 0 Å². The third-order valence-electron chi connectivity index (χ3n) is 4.01. The van der Waals surface area contributed by atoms with Crippen LogP contribution in [-0.4, -0.2) is 31.6 Å². The van der Waals surface area contributed by atoms with E-state index in [1.165, 1.54) is 29.1 Å². The summed E-state index contributed by atoms with van der Waals surface area (Å²) in [7, 11) is 2.27. The van der Waals surface area contributed by atoms with Crippen molar-refractivity contribution in [1.29, 1.82) is 0 Å². The molecular weight excluding hydrogens is 240 g/mol. The lowest BCUT2D eigenvalue weighted by molar-refractivity contribution is 0.272. The fourth-order valence-corrected chi connectivity index (χ4v) is 4.11. The van der Waals surface area contributed by atoms with Gasteiger partial charge < -0.3 is 5.32 Å². The third-order valence-corrected chi connectivity index (χ3v) is 4.99. The van der Waals surface area contributed by atoms with Crippen LogP contribution in [0.25, 0.3) is 0 Å². The number of rotatable bonds is 5. The summed E-state index contributed by atoms with van der Waals surface area (Å²) in [4.78, 5) is 5.49. The third kappa shape index (κ3) is 2.95. The fraction of sp³-hybridized carbons (Fsp3) is 0.733. The molecular formula is C15H26N2S. The van der Waals surface area contributed by atoms with Crippen molar-refractivity contribution in [2.24, 2.45) is 5.92 Å². The van der Waals surface area contributed by atoms with Crippen molar-refractivity contribution in [3.8, 4) is 0 Å². The van der Waals surface area contributed by atoms with E-state index in [0.29, 0.717) is 6.04 Å². The van der Waals surface area contributed by atoms with Crippen LogP contribution in [0.4, 0.5) is 0 Å². The molecule has 18 heavy (non-hydrogen) atoms. The van der Waals surface area contributed by atoms with E-state index >= 15 is 0 Å². The van der Waals surface area contributed by atoms with Crippen molar-refractivity contribution in [2.75, 3.05) is 26.7 Å². The molecule has 1 N–H and O–H groups in total. The second-order valence-corrected chi connectivity index (χ2v) is 7.01. The van der Waals surface area contributed by atoms with Gasteiger partial charge >= 0.3 is 0 Å². The number of aryl methyl sites for hydroxylation is 2. The van der Waals surface area contributed by atoms with E-state index < -0.39 is 0 Å². The molecule has 0 saturated carbocycles. The van der Waals surface area contributed by atoms with Gasteiger partial charge in [0.2, 0.25) is 0 Å². The number of hydrogen-bond acceptors (Lipinski definition) is 3. The second kappa shape index (κ2) is 6.18. The lowest BCUT2D eigenvalue weighted by atomic mass is 9.94. The summed E-state index contributed by atoms with van der Waals surface area (Å²) in [6.07, 6.45) is 2.55. The Kier molecular flexibility index (Phi) is 4.82. The average molecular weight is 266 g/mol. The molecule has 1 aliphatic rings. The second-order valence-electron chi connectivity index (χ2n) is 5.55. The average Bonchev–Trinajstić information content (AvgIpc) is 2.83. The zero-order valence-electron chi connectivity index (χ0n) is 12.1. The molecule has 1 aromatic heterocycles. The Morgan fingerprint density at radius 3 is 2.83 bits per heavy atom. The molecule has 0 bridgehead atoms. The number of likely N-dealkylation sites (tertiary alicyclic amines) is 1. The monoisotopic (exact) mass is 266 g/mol. The molecule has 0 aliphatic carbocycles. The number of hydrogen-bond donors (Lipinski definition) is 1. The minimum Gasteiger partial charge on any atom is -0.316 e. The first kappa shape index (κ1) is 14.0. The zero-order valence-corrected chi connectivity index (χ0v) is 12.9. The van der Waals surface area contributed by atoms with Gasteiger partial charge in [-0.3, -0.25) is 4.90 Å².